The molecule has 1 amide bonds. The third-order valence-corrected chi connectivity index (χ3v) is 7.23. The maximum absolute atomic E-state index is 13.1. The summed E-state index contributed by atoms with van der Waals surface area (Å²) in [6.07, 6.45) is 4.62. The number of carbonyl (C=O) groups is 1. The molecule has 0 atom stereocenters. The van der Waals surface area contributed by atoms with E-state index in [0.29, 0.717) is 19.5 Å². The maximum atomic E-state index is 13.1. The number of fused-ring (bicyclic) bond motifs is 1. The Balaban J connectivity index is 1.50. The fourth-order valence-corrected chi connectivity index (χ4v) is 5.67. The number of aromatic nitrogens is 2. The first-order valence-electron chi connectivity index (χ1n) is 9.36. The highest BCUT2D eigenvalue weighted by molar-refractivity contribution is 7.18. The van der Waals surface area contributed by atoms with Gasteiger partial charge in [-0.15, -0.1) is 11.3 Å². The van der Waals surface area contributed by atoms with Crippen molar-refractivity contribution in [1.82, 2.24) is 14.5 Å². The molecule has 0 saturated carbocycles. The number of rotatable bonds is 4. The number of piperidine rings is 1. The summed E-state index contributed by atoms with van der Waals surface area (Å²) in [6, 6.07) is 2.12. The summed E-state index contributed by atoms with van der Waals surface area (Å²) in [6.45, 7) is 5.54. The van der Waals surface area contributed by atoms with Gasteiger partial charge in [-0.25, -0.2) is 4.98 Å². The highest BCUT2D eigenvalue weighted by Gasteiger charge is 2.25. The lowest BCUT2D eigenvalue weighted by Crippen LogP contribution is -2.41. The fourth-order valence-electron chi connectivity index (χ4n) is 3.93. The van der Waals surface area contributed by atoms with Crippen LogP contribution in [-0.4, -0.2) is 33.4 Å². The van der Waals surface area contributed by atoms with E-state index in [1.165, 1.54) is 4.88 Å². The first-order valence-corrected chi connectivity index (χ1v) is 11.1. The fraction of sp³-hybridized carbons (Fsp3) is 0.450. The summed E-state index contributed by atoms with van der Waals surface area (Å²) in [5, 5.41) is 4.82. The summed E-state index contributed by atoms with van der Waals surface area (Å²) in [7, 11) is 0. The van der Waals surface area contributed by atoms with Crippen molar-refractivity contribution < 1.29 is 4.79 Å². The molecule has 0 spiro atoms. The van der Waals surface area contributed by atoms with E-state index in [-0.39, 0.29) is 17.5 Å². The van der Waals surface area contributed by atoms with Crippen LogP contribution >= 0.6 is 22.7 Å². The van der Waals surface area contributed by atoms with Crippen LogP contribution in [-0.2, 0) is 17.6 Å². The molecule has 3 aromatic heterocycles. The Labute approximate surface area is 166 Å². The number of thiophene rings is 2. The molecule has 0 unspecified atom stereocenters. The minimum Gasteiger partial charge on any atom is -0.342 e. The van der Waals surface area contributed by atoms with Crippen molar-refractivity contribution in [2.45, 2.75) is 45.6 Å². The first kappa shape index (κ1) is 18.4. The second-order valence-electron chi connectivity index (χ2n) is 7.05. The number of hydrogen-bond donors (Lipinski definition) is 0. The van der Waals surface area contributed by atoms with E-state index in [2.05, 4.69) is 18.8 Å². The zero-order valence-corrected chi connectivity index (χ0v) is 17.2. The lowest BCUT2D eigenvalue weighted by Gasteiger charge is -2.32. The van der Waals surface area contributed by atoms with Gasteiger partial charge in [0, 0.05) is 24.0 Å². The number of amides is 1. The summed E-state index contributed by atoms with van der Waals surface area (Å²) in [4.78, 5) is 34.1. The van der Waals surface area contributed by atoms with Crippen LogP contribution in [0.15, 0.2) is 27.9 Å². The molecule has 1 saturated heterocycles. The van der Waals surface area contributed by atoms with Crippen LogP contribution in [0.25, 0.3) is 10.2 Å². The third kappa shape index (κ3) is 3.46. The topological polar surface area (TPSA) is 55.2 Å². The van der Waals surface area contributed by atoms with E-state index >= 15 is 0 Å². The molecule has 3 aromatic rings. The lowest BCUT2D eigenvalue weighted by molar-refractivity contribution is -0.131. The van der Waals surface area contributed by atoms with Gasteiger partial charge in [0.25, 0.3) is 5.56 Å². The second kappa shape index (κ2) is 7.56. The predicted octanol–water partition coefficient (Wildman–Crippen LogP) is 3.80. The van der Waals surface area contributed by atoms with E-state index in [0.717, 1.165) is 40.6 Å². The van der Waals surface area contributed by atoms with E-state index in [4.69, 9.17) is 0 Å². The van der Waals surface area contributed by atoms with E-state index in [1.807, 2.05) is 21.7 Å². The van der Waals surface area contributed by atoms with Gasteiger partial charge in [0.2, 0.25) is 5.91 Å². The number of nitrogens with zero attached hydrogens (tertiary/aromatic N) is 3. The Morgan fingerprint density at radius 1 is 1.33 bits per heavy atom. The molecule has 1 aliphatic rings. The Kier molecular flexibility index (Phi) is 5.14. The molecule has 4 heterocycles. The van der Waals surface area contributed by atoms with Gasteiger partial charge in [-0.2, -0.15) is 11.3 Å². The molecular formula is C20H23N3O2S2. The van der Waals surface area contributed by atoms with Gasteiger partial charge >= 0.3 is 0 Å². The van der Waals surface area contributed by atoms with Crippen LogP contribution in [0.2, 0.25) is 0 Å². The molecule has 5 nitrogen and oxygen atoms in total. The minimum atomic E-state index is 0.0734. The molecule has 142 valence electrons. The van der Waals surface area contributed by atoms with Crippen molar-refractivity contribution >= 4 is 38.8 Å². The molecule has 1 aliphatic heterocycles. The Bertz CT molecular complexity index is 1010. The molecule has 0 aromatic carbocycles. The van der Waals surface area contributed by atoms with Gasteiger partial charge < -0.3 is 4.90 Å². The summed E-state index contributed by atoms with van der Waals surface area (Å²) in [5.74, 6) is 0.175. The van der Waals surface area contributed by atoms with Gasteiger partial charge in [0.15, 0.2) is 0 Å². The number of aryl methyl sites for hydroxylation is 2. The van der Waals surface area contributed by atoms with E-state index in [1.54, 1.807) is 33.6 Å². The monoisotopic (exact) mass is 401 g/mol. The van der Waals surface area contributed by atoms with Crippen LogP contribution < -0.4 is 5.56 Å². The van der Waals surface area contributed by atoms with Crippen molar-refractivity contribution in [2.75, 3.05) is 13.1 Å². The highest BCUT2D eigenvalue weighted by Crippen LogP contribution is 2.28. The molecule has 0 radical (unpaired) electrons. The normalized spacial score (nSPS) is 15.6. The van der Waals surface area contributed by atoms with Crippen molar-refractivity contribution in [3.8, 4) is 0 Å². The Morgan fingerprint density at radius 3 is 2.78 bits per heavy atom. The summed E-state index contributed by atoms with van der Waals surface area (Å²) in [5.41, 5.74) is 2.28. The second-order valence-corrected chi connectivity index (χ2v) is 9.03. The van der Waals surface area contributed by atoms with Gasteiger partial charge in [0.1, 0.15) is 4.83 Å². The highest BCUT2D eigenvalue weighted by atomic mass is 32.1. The van der Waals surface area contributed by atoms with Gasteiger partial charge in [-0.3, -0.25) is 14.2 Å². The van der Waals surface area contributed by atoms with Crippen molar-refractivity contribution in [3.63, 3.8) is 0 Å². The summed E-state index contributed by atoms with van der Waals surface area (Å²) < 4.78 is 1.80. The number of likely N-dealkylation sites (tertiary alicyclic amines) is 1. The molecule has 27 heavy (non-hydrogen) atoms. The zero-order valence-electron chi connectivity index (χ0n) is 15.6. The Morgan fingerprint density at radius 2 is 2.11 bits per heavy atom. The van der Waals surface area contributed by atoms with Gasteiger partial charge in [-0.05, 0) is 54.1 Å². The largest absolute Gasteiger partial charge is 0.342 e. The molecule has 7 heteroatoms. The van der Waals surface area contributed by atoms with Crippen molar-refractivity contribution in [2.24, 2.45) is 0 Å². The number of carbonyl (C=O) groups excluding carboxylic acids is 1. The Hall–Kier alpha value is -1.99. The van der Waals surface area contributed by atoms with Crippen LogP contribution in [0.3, 0.4) is 0 Å². The smallest absolute Gasteiger partial charge is 0.262 e. The number of hydrogen-bond acceptors (Lipinski definition) is 5. The minimum absolute atomic E-state index is 0.0734. The lowest BCUT2D eigenvalue weighted by atomic mass is 10.0. The molecular weight excluding hydrogens is 378 g/mol. The maximum Gasteiger partial charge on any atom is 0.262 e. The summed E-state index contributed by atoms with van der Waals surface area (Å²) >= 11 is 3.22. The third-order valence-electron chi connectivity index (χ3n) is 5.44. The van der Waals surface area contributed by atoms with E-state index in [9.17, 15) is 9.59 Å². The molecule has 0 aliphatic carbocycles. The van der Waals surface area contributed by atoms with Gasteiger partial charge in [0.05, 0.1) is 18.1 Å². The molecule has 4 rings (SSSR count). The SMILES string of the molecule is CCc1c(C)sc2ncn(C3CCN(C(=O)Cc4ccsc4)CC3)c(=O)c12. The quantitative estimate of drug-likeness (QED) is 0.668. The van der Waals surface area contributed by atoms with Gasteiger partial charge in [-0.1, -0.05) is 6.92 Å². The van der Waals surface area contributed by atoms with Crippen LogP contribution in [0, 0.1) is 6.92 Å². The van der Waals surface area contributed by atoms with E-state index < -0.39 is 0 Å². The first-order chi connectivity index (χ1) is 13.1. The standard InChI is InChI=1S/C20H23N3O2S2/c1-3-16-13(2)27-19-18(16)20(25)23(12-21-19)15-4-7-22(8-5-15)17(24)10-14-6-9-26-11-14/h6,9,11-12,15H,3-5,7-8,10H2,1-2H3. The average Bonchev–Trinajstić information content (AvgIpc) is 3.29. The molecule has 1 fully saturated rings. The predicted molar refractivity (Wildman–Crippen MR) is 111 cm³/mol. The van der Waals surface area contributed by atoms with Crippen molar-refractivity contribution in [1.29, 1.82) is 0 Å². The molecule has 0 bridgehead atoms. The molecule has 0 N–H and O–H groups in total. The average molecular weight is 402 g/mol. The van der Waals surface area contributed by atoms with Crippen molar-refractivity contribution in [3.05, 3.63) is 49.5 Å². The van der Waals surface area contributed by atoms with Crippen LogP contribution in [0.4, 0.5) is 0 Å². The zero-order chi connectivity index (χ0) is 19.0. The van der Waals surface area contributed by atoms with Crippen LogP contribution in [0.1, 0.15) is 41.8 Å². The van der Waals surface area contributed by atoms with Crippen LogP contribution in [0.5, 0.6) is 0 Å².